The molecule has 9 heteroatoms. The molecule has 0 radical (unpaired) electrons. The Bertz CT molecular complexity index is 1100. The Balaban J connectivity index is 1.40. The highest BCUT2D eigenvalue weighted by molar-refractivity contribution is 7.71. The highest BCUT2D eigenvalue weighted by Crippen LogP contribution is 2.16. The van der Waals surface area contributed by atoms with Crippen molar-refractivity contribution in [3.8, 4) is 0 Å². The van der Waals surface area contributed by atoms with E-state index in [-0.39, 0.29) is 28.8 Å². The highest BCUT2D eigenvalue weighted by atomic mass is 32.1. The van der Waals surface area contributed by atoms with Gasteiger partial charge >= 0.3 is 0 Å². The number of amides is 1. The molecule has 1 fully saturated rings. The molecule has 28 heavy (non-hydrogen) atoms. The Morgan fingerprint density at radius 3 is 2.75 bits per heavy atom. The van der Waals surface area contributed by atoms with Crippen molar-refractivity contribution in [3.05, 3.63) is 57.7 Å². The van der Waals surface area contributed by atoms with Crippen molar-refractivity contribution >= 4 is 34.8 Å². The van der Waals surface area contributed by atoms with Crippen LogP contribution < -0.4 is 15.8 Å². The number of carbonyl (C=O) groups excluding carboxylic acids is 1. The van der Waals surface area contributed by atoms with Gasteiger partial charge in [-0.1, -0.05) is 12.1 Å². The van der Waals surface area contributed by atoms with Gasteiger partial charge in [0.15, 0.2) is 10.6 Å². The number of benzene rings is 1. The molecule has 1 amide bonds. The zero-order valence-electron chi connectivity index (χ0n) is 15.2. The van der Waals surface area contributed by atoms with Gasteiger partial charge in [0.05, 0.1) is 10.9 Å². The molecule has 1 aliphatic heterocycles. The third-order valence-corrected chi connectivity index (χ3v) is 5.26. The summed E-state index contributed by atoms with van der Waals surface area (Å²) in [6.07, 6.45) is 3.26. The van der Waals surface area contributed by atoms with Crippen molar-refractivity contribution in [2.45, 2.75) is 25.4 Å². The summed E-state index contributed by atoms with van der Waals surface area (Å²) in [7, 11) is 0. The average Bonchev–Trinajstić information content (AvgIpc) is 2.72. The number of hydrogen-bond acceptors (Lipinski definition) is 6. The molecule has 0 atom stereocenters. The zero-order chi connectivity index (χ0) is 19.5. The van der Waals surface area contributed by atoms with Gasteiger partial charge in [0, 0.05) is 25.3 Å². The van der Waals surface area contributed by atoms with E-state index in [0.717, 1.165) is 31.7 Å². The Labute approximate surface area is 166 Å². The standard InChI is InChI=1S/C19H20N6O2S/c26-17(12-25-18(27)14-4-1-2-5-15(14)22-19(25)28)21-13-7-10-24(11-8-13)16-6-3-9-20-23-16/h1-6,9,13H,7-8,10-12H2,(H,21,26)(H,22,28). The van der Waals surface area contributed by atoms with Crippen LogP contribution in [0.4, 0.5) is 5.82 Å². The molecule has 3 heterocycles. The van der Waals surface area contributed by atoms with Crippen LogP contribution in [0.25, 0.3) is 10.9 Å². The number of nitrogens with one attached hydrogen (secondary N) is 2. The monoisotopic (exact) mass is 396 g/mol. The fraction of sp³-hybridized carbons (Fsp3) is 0.316. The number of fused-ring (bicyclic) bond motifs is 1. The van der Waals surface area contributed by atoms with Gasteiger partial charge in [-0.2, -0.15) is 5.10 Å². The lowest BCUT2D eigenvalue weighted by Crippen LogP contribution is -2.46. The largest absolute Gasteiger partial charge is 0.355 e. The lowest BCUT2D eigenvalue weighted by molar-refractivity contribution is -0.122. The molecule has 0 spiro atoms. The fourth-order valence-corrected chi connectivity index (χ4v) is 3.73. The smallest absolute Gasteiger partial charge is 0.262 e. The molecule has 4 rings (SSSR count). The minimum absolute atomic E-state index is 0.0640. The van der Waals surface area contributed by atoms with Crippen molar-refractivity contribution < 1.29 is 4.79 Å². The number of H-pyrrole nitrogens is 1. The number of para-hydroxylation sites is 1. The first-order valence-corrected chi connectivity index (χ1v) is 9.56. The highest BCUT2D eigenvalue weighted by Gasteiger charge is 2.22. The van der Waals surface area contributed by atoms with E-state index < -0.39 is 0 Å². The second-order valence-electron chi connectivity index (χ2n) is 6.78. The molecule has 8 nitrogen and oxygen atoms in total. The topological polar surface area (TPSA) is 95.9 Å². The summed E-state index contributed by atoms with van der Waals surface area (Å²) in [4.78, 5) is 30.3. The molecule has 3 aromatic rings. The molecular weight excluding hydrogens is 376 g/mol. The van der Waals surface area contributed by atoms with Gasteiger partial charge in [0.25, 0.3) is 5.56 Å². The van der Waals surface area contributed by atoms with E-state index in [1.54, 1.807) is 24.4 Å². The lowest BCUT2D eigenvalue weighted by atomic mass is 10.1. The van der Waals surface area contributed by atoms with Crippen LogP contribution in [0.2, 0.25) is 0 Å². The van der Waals surface area contributed by atoms with Crippen LogP contribution in [0.15, 0.2) is 47.4 Å². The SMILES string of the molecule is O=C(Cn1c(=S)[nH]c2ccccc2c1=O)NC1CCN(c2cccnn2)CC1. The normalized spacial score (nSPS) is 14.9. The predicted octanol–water partition coefficient (Wildman–Crippen LogP) is 1.63. The fourth-order valence-electron chi connectivity index (χ4n) is 3.47. The number of rotatable bonds is 4. The summed E-state index contributed by atoms with van der Waals surface area (Å²) in [5, 5.41) is 11.6. The molecule has 2 N–H and O–H groups in total. The third kappa shape index (κ3) is 3.79. The summed E-state index contributed by atoms with van der Waals surface area (Å²) < 4.78 is 1.55. The van der Waals surface area contributed by atoms with Gasteiger partial charge in [0.2, 0.25) is 5.91 Å². The van der Waals surface area contributed by atoms with Crippen LogP contribution in [0, 0.1) is 4.77 Å². The summed E-state index contributed by atoms with van der Waals surface area (Å²) in [5.41, 5.74) is 0.414. The van der Waals surface area contributed by atoms with E-state index in [1.807, 2.05) is 18.2 Å². The summed E-state index contributed by atoms with van der Waals surface area (Å²) in [5.74, 6) is 0.635. The molecule has 0 saturated carbocycles. The van der Waals surface area contributed by atoms with Gasteiger partial charge in [-0.3, -0.25) is 14.2 Å². The minimum atomic E-state index is -0.257. The summed E-state index contributed by atoms with van der Waals surface area (Å²) in [6, 6.07) is 11.0. The van der Waals surface area contributed by atoms with Crippen LogP contribution in [0.1, 0.15) is 12.8 Å². The Morgan fingerprint density at radius 2 is 2.00 bits per heavy atom. The predicted molar refractivity (Wildman–Crippen MR) is 109 cm³/mol. The van der Waals surface area contributed by atoms with Gasteiger partial charge in [-0.05, 0) is 49.3 Å². The second-order valence-corrected chi connectivity index (χ2v) is 7.16. The number of nitrogens with zero attached hydrogens (tertiary/aromatic N) is 4. The van der Waals surface area contributed by atoms with Crippen molar-refractivity contribution in [1.82, 2.24) is 25.1 Å². The third-order valence-electron chi connectivity index (χ3n) is 4.93. The molecule has 0 aliphatic carbocycles. The van der Waals surface area contributed by atoms with Crippen LogP contribution in [-0.2, 0) is 11.3 Å². The van der Waals surface area contributed by atoms with Gasteiger partial charge in [-0.15, -0.1) is 5.10 Å². The number of aromatic amines is 1. The van der Waals surface area contributed by atoms with Crippen LogP contribution in [0.3, 0.4) is 0 Å². The first-order valence-electron chi connectivity index (χ1n) is 9.16. The molecule has 1 aliphatic rings. The molecule has 2 aromatic heterocycles. The van der Waals surface area contributed by atoms with E-state index >= 15 is 0 Å². The maximum Gasteiger partial charge on any atom is 0.262 e. The average molecular weight is 396 g/mol. The van der Waals surface area contributed by atoms with Crippen molar-refractivity contribution in [2.24, 2.45) is 0 Å². The summed E-state index contributed by atoms with van der Waals surface area (Å²) >= 11 is 5.27. The van der Waals surface area contributed by atoms with Crippen LogP contribution in [0.5, 0.6) is 0 Å². The van der Waals surface area contributed by atoms with Crippen LogP contribution in [-0.4, -0.2) is 44.8 Å². The quantitative estimate of drug-likeness (QED) is 0.651. The molecule has 1 saturated heterocycles. The van der Waals surface area contributed by atoms with Crippen molar-refractivity contribution in [2.75, 3.05) is 18.0 Å². The number of anilines is 1. The van der Waals surface area contributed by atoms with E-state index in [0.29, 0.717) is 10.9 Å². The van der Waals surface area contributed by atoms with Crippen molar-refractivity contribution in [1.29, 1.82) is 0 Å². The summed E-state index contributed by atoms with van der Waals surface area (Å²) in [6.45, 7) is 1.49. The number of piperidine rings is 1. The first-order chi connectivity index (χ1) is 13.6. The number of aromatic nitrogens is 4. The van der Waals surface area contributed by atoms with E-state index in [2.05, 4.69) is 25.4 Å². The van der Waals surface area contributed by atoms with Crippen molar-refractivity contribution in [3.63, 3.8) is 0 Å². The Hall–Kier alpha value is -3.07. The molecule has 1 aromatic carbocycles. The van der Waals surface area contributed by atoms with Gasteiger partial charge < -0.3 is 15.2 Å². The molecular formula is C19H20N6O2S. The molecule has 0 unspecified atom stereocenters. The number of hydrogen-bond donors (Lipinski definition) is 2. The van der Waals surface area contributed by atoms with Gasteiger partial charge in [-0.25, -0.2) is 0 Å². The van der Waals surface area contributed by atoms with E-state index in [1.165, 1.54) is 4.57 Å². The molecule has 0 bridgehead atoms. The first kappa shape index (κ1) is 18.3. The second kappa shape index (κ2) is 7.89. The maximum absolute atomic E-state index is 12.7. The number of carbonyl (C=O) groups is 1. The maximum atomic E-state index is 12.7. The Morgan fingerprint density at radius 1 is 1.21 bits per heavy atom. The lowest BCUT2D eigenvalue weighted by Gasteiger charge is -2.32. The van der Waals surface area contributed by atoms with Crippen LogP contribution >= 0.6 is 12.2 Å². The molecule has 144 valence electrons. The van der Waals surface area contributed by atoms with E-state index in [4.69, 9.17) is 12.2 Å². The van der Waals surface area contributed by atoms with E-state index in [9.17, 15) is 9.59 Å². The minimum Gasteiger partial charge on any atom is -0.355 e. The van der Waals surface area contributed by atoms with Gasteiger partial charge in [0.1, 0.15) is 6.54 Å². The zero-order valence-corrected chi connectivity index (χ0v) is 16.0. The Kier molecular flexibility index (Phi) is 5.16.